The number of nitrogens with zero attached hydrogens (tertiary/aromatic N) is 4. The predicted octanol–water partition coefficient (Wildman–Crippen LogP) is 1.88. The summed E-state index contributed by atoms with van der Waals surface area (Å²) in [5, 5.41) is 18.2. The molecule has 1 atom stereocenters. The Morgan fingerprint density at radius 1 is 1.25 bits per heavy atom. The lowest BCUT2D eigenvalue weighted by atomic mass is 9.86. The molecule has 1 aliphatic carbocycles. The van der Waals surface area contributed by atoms with Crippen LogP contribution in [0.5, 0.6) is 5.75 Å². The molecule has 0 spiro atoms. The van der Waals surface area contributed by atoms with E-state index in [1.807, 2.05) is 12.4 Å². The van der Waals surface area contributed by atoms with Crippen LogP contribution in [-0.4, -0.2) is 31.3 Å². The van der Waals surface area contributed by atoms with Gasteiger partial charge in [0.05, 0.1) is 6.54 Å². The molecular formula is C15H18N4O. The van der Waals surface area contributed by atoms with Crippen molar-refractivity contribution in [3.05, 3.63) is 41.5 Å². The number of benzene rings is 1. The number of aromatic hydroxyl groups is 1. The van der Waals surface area contributed by atoms with Crippen LogP contribution < -0.4 is 0 Å². The van der Waals surface area contributed by atoms with Crippen LogP contribution in [0, 0.1) is 0 Å². The summed E-state index contributed by atoms with van der Waals surface area (Å²) >= 11 is 0. The molecule has 1 unspecified atom stereocenters. The standard InChI is InChI=1S/C15H18N4O/c20-14-6-2-3-11-12(14)4-1-5-13(11)18-7-8-19-10-16-17-15(19)9-18/h2-3,6,10,13,20H,1,4-5,7-9H2. The summed E-state index contributed by atoms with van der Waals surface area (Å²) in [6.07, 6.45) is 5.10. The summed E-state index contributed by atoms with van der Waals surface area (Å²) in [4.78, 5) is 2.47. The number of phenolic OH excluding ortho intramolecular Hbond substituents is 1. The molecule has 1 aromatic heterocycles. The first-order chi connectivity index (χ1) is 9.83. The van der Waals surface area contributed by atoms with E-state index in [0.717, 1.165) is 50.3 Å². The highest BCUT2D eigenvalue weighted by Crippen LogP contribution is 2.39. The molecule has 5 nitrogen and oxygen atoms in total. The van der Waals surface area contributed by atoms with Crippen LogP contribution in [0.4, 0.5) is 0 Å². The van der Waals surface area contributed by atoms with Crippen molar-refractivity contribution in [2.75, 3.05) is 6.54 Å². The summed E-state index contributed by atoms with van der Waals surface area (Å²) in [6, 6.07) is 6.32. The fourth-order valence-electron chi connectivity index (χ4n) is 3.53. The maximum absolute atomic E-state index is 10.1. The van der Waals surface area contributed by atoms with Crippen LogP contribution in [0.1, 0.15) is 35.8 Å². The van der Waals surface area contributed by atoms with Gasteiger partial charge in [-0.3, -0.25) is 4.90 Å². The molecule has 2 aliphatic rings. The topological polar surface area (TPSA) is 54.2 Å². The Kier molecular flexibility index (Phi) is 2.73. The lowest BCUT2D eigenvalue weighted by Crippen LogP contribution is -2.38. The number of aromatic nitrogens is 3. The molecule has 0 bridgehead atoms. The first-order valence-electron chi connectivity index (χ1n) is 7.24. The second-order valence-corrected chi connectivity index (χ2v) is 5.66. The van der Waals surface area contributed by atoms with E-state index in [0.29, 0.717) is 11.8 Å². The van der Waals surface area contributed by atoms with Gasteiger partial charge in [-0.1, -0.05) is 12.1 Å². The minimum Gasteiger partial charge on any atom is -0.508 e. The van der Waals surface area contributed by atoms with Crippen LogP contribution >= 0.6 is 0 Å². The number of fused-ring (bicyclic) bond motifs is 2. The third-order valence-corrected chi connectivity index (χ3v) is 4.56. The molecule has 5 heteroatoms. The van der Waals surface area contributed by atoms with Gasteiger partial charge in [-0.05, 0) is 36.5 Å². The summed E-state index contributed by atoms with van der Waals surface area (Å²) in [6.45, 7) is 2.82. The molecule has 104 valence electrons. The molecule has 2 aromatic rings. The van der Waals surface area contributed by atoms with Crippen LogP contribution in [0.15, 0.2) is 24.5 Å². The van der Waals surface area contributed by atoms with Gasteiger partial charge < -0.3 is 9.67 Å². The smallest absolute Gasteiger partial charge is 0.147 e. The van der Waals surface area contributed by atoms with Gasteiger partial charge in [-0.15, -0.1) is 10.2 Å². The van der Waals surface area contributed by atoms with Crippen molar-refractivity contribution in [3.63, 3.8) is 0 Å². The largest absolute Gasteiger partial charge is 0.508 e. The summed E-state index contributed by atoms with van der Waals surface area (Å²) in [5.74, 6) is 1.50. The Morgan fingerprint density at radius 3 is 3.15 bits per heavy atom. The zero-order valence-corrected chi connectivity index (χ0v) is 11.4. The Balaban J connectivity index is 1.67. The van der Waals surface area contributed by atoms with Gasteiger partial charge in [-0.25, -0.2) is 0 Å². The number of rotatable bonds is 1. The van der Waals surface area contributed by atoms with Crippen molar-refractivity contribution in [1.29, 1.82) is 0 Å². The Hall–Kier alpha value is -1.88. The number of hydrogen-bond acceptors (Lipinski definition) is 4. The van der Waals surface area contributed by atoms with Crippen LogP contribution in [-0.2, 0) is 19.5 Å². The van der Waals surface area contributed by atoms with Crippen molar-refractivity contribution < 1.29 is 5.11 Å². The Bertz CT molecular complexity index is 637. The highest BCUT2D eigenvalue weighted by atomic mass is 16.3. The van der Waals surface area contributed by atoms with Crippen molar-refractivity contribution >= 4 is 0 Å². The van der Waals surface area contributed by atoms with Gasteiger partial charge in [0.2, 0.25) is 0 Å². The summed E-state index contributed by atoms with van der Waals surface area (Å²) in [5.41, 5.74) is 2.43. The second-order valence-electron chi connectivity index (χ2n) is 5.66. The molecule has 0 saturated heterocycles. The van der Waals surface area contributed by atoms with Crippen molar-refractivity contribution in [2.45, 2.75) is 38.4 Å². The van der Waals surface area contributed by atoms with E-state index in [4.69, 9.17) is 0 Å². The van der Waals surface area contributed by atoms with Crippen LogP contribution in [0.25, 0.3) is 0 Å². The Morgan fingerprint density at radius 2 is 2.20 bits per heavy atom. The molecule has 0 saturated carbocycles. The fourth-order valence-corrected chi connectivity index (χ4v) is 3.53. The molecule has 2 heterocycles. The highest BCUT2D eigenvalue weighted by Gasteiger charge is 2.30. The predicted molar refractivity (Wildman–Crippen MR) is 74.2 cm³/mol. The van der Waals surface area contributed by atoms with Gasteiger partial charge in [-0.2, -0.15) is 0 Å². The molecule has 20 heavy (non-hydrogen) atoms. The molecule has 0 amide bonds. The van der Waals surface area contributed by atoms with Crippen LogP contribution in [0.3, 0.4) is 0 Å². The summed E-state index contributed by atoms with van der Waals surface area (Å²) < 4.78 is 2.13. The first kappa shape index (κ1) is 11.9. The van der Waals surface area contributed by atoms with Gasteiger partial charge >= 0.3 is 0 Å². The molecule has 4 rings (SSSR count). The van der Waals surface area contributed by atoms with E-state index in [1.54, 1.807) is 6.07 Å². The SMILES string of the molecule is Oc1cccc2c1CCCC2N1CCn2cnnc2C1. The van der Waals surface area contributed by atoms with Crippen molar-refractivity contribution in [2.24, 2.45) is 0 Å². The second kappa shape index (κ2) is 4.59. The molecular weight excluding hydrogens is 252 g/mol. The van der Waals surface area contributed by atoms with Crippen LogP contribution in [0.2, 0.25) is 0 Å². The molecule has 0 radical (unpaired) electrons. The van der Waals surface area contributed by atoms with Gasteiger partial charge in [0.15, 0.2) is 0 Å². The van der Waals surface area contributed by atoms with Gasteiger partial charge in [0, 0.05) is 19.1 Å². The number of hydrogen-bond donors (Lipinski definition) is 1. The third kappa shape index (κ3) is 1.81. The maximum Gasteiger partial charge on any atom is 0.147 e. The van der Waals surface area contributed by atoms with Gasteiger partial charge in [0.25, 0.3) is 0 Å². The minimum absolute atomic E-state index is 0.399. The van der Waals surface area contributed by atoms with E-state index >= 15 is 0 Å². The molecule has 1 N–H and O–H groups in total. The minimum atomic E-state index is 0.399. The average molecular weight is 270 g/mol. The lowest BCUT2D eigenvalue weighted by Gasteiger charge is -2.38. The average Bonchev–Trinajstić information content (AvgIpc) is 2.94. The van der Waals surface area contributed by atoms with Crippen molar-refractivity contribution in [3.8, 4) is 5.75 Å². The highest BCUT2D eigenvalue weighted by molar-refractivity contribution is 5.42. The van der Waals surface area contributed by atoms with E-state index in [2.05, 4.69) is 25.7 Å². The van der Waals surface area contributed by atoms with Gasteiger partial charge in [0.1, 0.15) is 17.9 Å². The molecule has 1 aromatic carbocycles. The van der Waals surface area contributed by atoms with E-state index in [9.17, 15) is 5.11 Å². The third-order valence-electron chi connectivity index (χ3n) is 4.56. The maximum atomic E-state index is 10.1. The van der Waals surface area contributed by atoms with E-state index in [1.165, 1.54) is 5.56 Å². The monoisotopic (exact) mass is 270 g/mol. The zero-order valence-electron chi connectivity index (χ0n) is 11.4. The quantitative estimate of drug-likeness (QED) is 0.859. The van der Waals surface area contributed by atoms with Crippen molar-refractivity contribution in [1.82, 2.24) is 19.7 Å². The molecule has 1 aliphatic heterocycles. The first-order valence-corrected chi connectivity index (χ1v) is 7.24. The van der Waals surface area contributed by atoms with E-state index in [-0.39, 0.29) is 0 Å². The number of phenols is 1. The van der Waals surface area contributed by atoms with E-state index < -0.39 is 0 Å². The normalized spacial score (nSPS) is 22.3. The zero-order chi connectivity index (χ0) is 13.5. The lowest BCUT2D eigenvalue weighted by molar-refractivity contribution is 0.137. The molecule has 0 fully saturated rings. The Labute approximate surface area is 117 Å². The summed E-state index contributed by atoms with van der Waals surface area (Å²) in [7, 11) is 0. The fraction of sp³-hybridized carbons (Fsp3) is 0.467.